The maximum absolute atomic E-state index is 14.1. The number of carbonyl (C=O) groups excluding carboxylic acids is 1. The lowest BCUT2D eigenvalue weighted by Crippen LogP contribution is -2.59. The molecule has 7 nitrogen and oxygen atoms in total. The molecule has 3 rings (SSSR count). The van der Waals surface area contributed by atoms with Gasteiger partial charge in [0.25, 0.3) is 5.91 Å². The first kappa shape index (κ1) is 16.4. The number of carbonyl (C=O) groups is 1. The Balaban J connectivity index is 1.87. The van der Waals surface area contributed by atoms with E-state index < -0.39 is 28.9 Å². The molecule has 1 aromatic carbocycles. The first-order chi connectivity index (χ1) is 11.2. The number of tetrazole rings is 1. The van der Waals surface area contributed by atoms with E-state index in [4.69, 9.17) is 0 Å². The van der Waals surface area contributed by atoms with Gasteiger partial charge in [0.05, 0.1) is 11.4 Å². The number of nitrogens with zero attached hydrogens (tertiary/aromatic N) is 4. The van der Waals surface area contributed by atoms with Crippen LogP contribution in [0.25, 0.3) is 5.69 Å². The molecular weight excluding hydrogens is 327 g/mol. The van der Waals surface area contributed by atoms with Crippen molar-refractivity contribution in [2.75, 3.05) is 5.32 Å². The first-order valence-corrected chi connectivity index (χ1v) is 7.21. The molecule has 1 fully saturated rings. The summed E-state index contributed by atoms with van der Waals surface area (Å²) in [5.74, 6) is -6.27. The number of benzene rings is 1. The Hall–Kier alpha value is -2.49. The summed E-state index contributed by atoms with van der Waals surface area (Å²) in [4.78, 5) is 11.9. The minimum Gasteiger partial charge on any atom is -0.383 e. The average Bonchev–Trinajstić information content (AvgIpc) is 2.93. The summed E-state index contributed by atoms with van der Waals surface area (Å²) < 4.78 is 43.3. The normalized spacial score (nSPS) is 16.5. The highest BCUT2D eigenvalue weighted by Crippen LogP contribution is 2.44. The lowest BCUT2D eigenvalue weighted by atomic mass is 9.75. The fourth-order valence-electron chi connectivity index (χ4n) is 2.45. The molecule has 0 unspecified atom stereocenters. The third-order valence-corrected chi connectivity index (χ3v) is 4.12. The molecule has 10 heteroatoms. The minimum absolute atomic E-state index is 0.181. The van der Waals surface area contributed by atoms with Crippen molar-refractivity contribution in [2.24, 2.45) is 0 Å². The van der Waals surface area contributed by atoms with Crippen LogP contribution in [0.4, 0.5) is 18.9 Å². The molecule has 24 heavy (non-hydrogen) atoms. The number of aromatic nitrogens is 4. The van der Waals surface area contributed by atoms with E-state index in [1.54, 1.807) is 6.92 Å². The van der Waals surface area contributed by atoms with Crippen molar-refractivity contribution in [3.63, 3.8) is 0 Å². The second-order valence-corrected chi connectivity index (χ2v) is 5.72. The summed E-state index contributed by atoms with van der Waals surface area (Å²) in [7, 11) is 0. The van der Waals surface area contributed by atoms with Gasteiger partial charge in [-0.3, -0.25) is 4.79 Å². The van der Waals surface area contributed by atoms with Gasteiger partial charge in [-0.25, -0.2) is 4.39 Å². The third-order valence-electron chi connectivity index (χ3n) is 4.12. The van der Waals surface area contributed by atoms with E-state index in [1.807, 2.05) is 5.32 Å². The smallest absolute Gasteiger partial charge is 0.352 e. The molecule has 1 heterocycles. The van der Waals surface area contributed by atoms with Gasteiger partial charge >= 0.3 is 5.92 Å². The molecule has 2 aromatic rings. The van der Waals surface area contributed by atoms with Crippen molar-refractivity contribution in [3.8, 4) is 5.69 Å². The molecule has 2 N–H and O–H groups in total. The molecule has 1 aliphatic carbocycles. The van der Waals surface area contributed by atoms with Crippen LogP contribution in [0, 0.1) is 12.7 Å². The number of halogens is 3. The van der Waals surface area contributed by atoms with Crippen molar-refractivity contribution in [3.05, 3.63) is 29.8 Å². The van der Waals surface area contributed by atoms with Crippen LogP contribution in [0.1, 0.15) is 25.1 Å². The van der Waals surface area contributed by atoms with Gasteiger partial charge in [-0.2, -0.15) is 13.5 Å². The molecular formula is C14H14F3N5O2. The predicted octanol–water partition coefficient (Wildman–Crippen LogP) is 1.60. The quantitative estimate of drug-likeness (QED) is 0.881. The highest BCUT2D eigenvalue weighted by atomic mass is 19.3. The van der Waals surface area contributed by atoms with Gasteiger partial charge in [0, 0.05) is 0 Å². The molecule has 0 radical (unpaired) electrons. The number of hydrogen-bond donors (Lipinski definition) is 2. The Morgan fingerprint density at radius 3 is 2.67 bits per heavy atom. The molecule has 128 valence electrons. The van der Waals surface area contributed by atoms with E-state index in [0.29, 0.717) is 17.9 Å². The van der Waals surface area contributed by atoms with E-state index >= 15 is 0 Å². The summed E-state index contributed by atoms with van der Waals surface area (Å²) in [5, 5.41) is 22.4. The maximum atomic E-state index is 14.1. The Labute approximate surface area is 134 Å². The SMILES string of the molecule is Cc1nnnn1-c1ccc(F)c(NC(=O)C(F)(F)C2(O)CCC2)c1. The number of aryl methyl sites for hydroxylation is 1. The Morgan fingerprint density at radius 2 is 2.12 bits per heavy atom. The Morgan fingerprint density at radius 1 is 1.42 bits per heavy atom. The molecule has 1 aliphatic rings. The number of aliphatic hydroxyl groups is 1. The average molecular weight is 341 g/mol. The zero-order valence-electron chi connectivity index (χ0n) is 12.6. The number of nitrogens with one attached hydrogen (secondary N) is 1. The third kappa shape index (κ3) is 2.52. The minimum atomic E-state index is -4.02. The van der Waals surface area contributed by atoms with E-state index in [1.165, 1.54) is 10.7 Å². The second kappa shape index (κ2) is 5.55. The molecule has 1 saturated carbocycles. The van der Waals surface area contributed by atoms with Crippen molar-refractivity contribution in [1.29, 1.82) is 0 Å². The molecule has 0 atom stereocenters. The largest absolute Gasteiger partial charge is 0.383 e. The fourth-order valence-corrected chi connectivity index (χ4v) is 2.45. The number of alkyl halides is 2. The summed E-state index contributed by atoms with van der Waals surface area (Å²) in [6, 6.07) is 3.48. The standard InChI is InChI=1S/C14H14F3N5O2/c1-8-19-20-21-22(8)9-3-4-10(15)11(7-9)18-12(23)14(16,17)13(24)5-2-6-13/h3-4,7,24H,2,5-6H2,1H3,(H,18,23). The first-order valence-electron chi connectivity index (χ1n) is 7.21. The number of anilines is 1. The van der Waals surface area contributed by atoms with Crippen LogP contribution in [0.3, 0.4) is 0 Å². The van der Waals surface area contributed by atoms with E-state index in [9.17, 15) is 23.1 Å². The van der Waals surface area contributed by atoms with Crippen molar-refractivity contribution < 1.29 is 23.1 Å². The highest BCUT2D eigenvalue weighted by molar-refractivity contribution is 5.97. The topological polar surface area (TPSA) is 92.9 Å². The number of rotatable bonds is 4. The molecule has 1 aromatic heterocycles. The van der Waals surface area contributed by atoms with Gasteiger partial charge in [0.2, 0.25) is 0 Å². The van der Waals surface area contributed by atoms with Crippen LogP contribution in [0.2, 0.25) is 0 Å². The van der Waals surface area contributed by atoms with E-state index in [2.05, 4.69) is 15.5 Å². The van der Waals surface area contributed by atoms with E-state index in [0.717, 1.165) is 12.1 Å². The maximum Gasteiger partial charge on any atom is 0.352 e. The van der Waals surface area contributed by atoms with Crippen molar-refractivity contribution in [1.82, 2.24) is 20.2 Å². The summed E-state index contributed by atoms with van der Waals surface area (Å²) in [6.07, 6.45) is 0.0430. The van der Waals surface area contributed by atoms with Gasteiger partial charge in [0.15, 0.2) is 5.82 Å². The summed E-state index contributed by atoms with van der Waals surface area (Å²) >= 11 is 0. The van der Waals surface area contributed by atoms with Crippen molar-refractivity contribution in [2.45, 2.75) is 37.7 Å². The molecule has 0 aliphatic heterocycles. The molecule has 0 saturated heterocycles. The predicted molar refractivity (Wildman–Crippen MR) is 76.2 cm³/mol. The number of amides is 1. The van der Waals surface area contributed by atoms with Crippen LogP contribution in [0.5, 0.6) is 0 Å². The zero-order valence-corrected chi connectivity index (χ0v) is 12.6. The highest BCUT2D eigenvalue weighted by Gasteiger charge is 2.61. The monoisotopic (exact) mass is 341 g/mol. The van der Waals surface area contributed by atoms with Crippen molar-refractivity contribution >= 4 is 11.6 Å². The second-order valence-electron chi connectivity index (χ2n) is 5.72. The van der Waals surface area contributed by atoms with Gasteiger partial charge in [-0.1, -0.05) is 0 Å². The van der Waals surface area contributed by atoms with E-state index in [-0.39, 0.29) is 12.8 Å². The summed E-state index contributed by atoms with van der Waals surface area (Å²) in [5.41, 5.74) is -2.53. The summed E-state index contributed by atoms with van der Waals surface area (Å²) in [6.45, 7) is 1.60. The van der Waals surface area contributed by atoms with Gasteiger partial charge in [0.1, 0.15) is 11.4 Å². The lowest BCUT2D eigenvalue weighted by molar-refractivity contribution is -0.212. The fraction of sp³-hybridized carbons (Fsp3) is 0.429. The van der Waals surface area contributed by atoms with Crippen LogP contribution in [-0.2, 0) is 4.79 Å². The Bertz CT molecular complexity index is 788. The lowest BCUT2D eigenvalue weighted by Gasteiger charge is -2.41. The molecule has 1 amide bonds. The van der Waals surface area contributed by atoms with Gasteiger partial charge in [-0.05, 0) is 54.8 Å². The Kier molecular flexibility index (Phi) is 3.78. The van der Waals surface area contributed by atoms with Crippen LogP contribution in [-0.4, -0.2) is 42.7 Å². The van der Waals surface area contributed by atoms with Crippen LogP contribution in [0.15, 0.2) is 18.2 Å². The van der Waals surface area contributed by atoms with Gasteiger partial charge < -0.3 is 10.4 Å². The van der Waals surface area contributed by atoms with Crippen LogP contribution < -0.4 is 5.32 Å². The molecule has 0 spiro atoms. The zero-order chi connectivity index (χ0) is 17.5. The van der Waals surface area contributed by atoms with Gasteiger partial charge in [-0.15, -0.1) is 5.10 Å². The number of hydrogen-bond acceptors (Lipinski definition) is 5. The van der Waals surface area contributed by atoms with Crippen LogP contribution >= 0.6 is 0 Å². The molecule has 0 bridgehead atoms.